The summed E-state index contributed by atoms with van der Waals surface area (Å²) in [6.07, 6.45) is 5.81. The van der Waals surface area contributed by atoms with Gasteiger partial charge in [0.15, 0.2) is 0 Å². The van der Waals surface area contributed by atoms with E-state index in [0.29, 0.717) is 12.8 Å². The zero-order valence-electron chi connectivity index (χ0n) is 10.9. The fourth-order valence-corrected chi connectivity index (χ4v) is 2.05. The van der Waals surface area contributed by atoms with Gasteiger partial charge >= 0.3 is 5.97 Å². The van der Waals surface area contributed by atoms with Crippen molar-refractivity contribution in [3.63, 3.8) is 0 Å². The van der Waals surface area contributed by atoms with Crippen LogP contribution in [0.5, 0.6) is 0 Å². The number of rotatable bonds is 9. The molecular weight excluding hydrogens is 238 g/mol. The number of hydrogen-bond acceptors (Lipinski definition) is 3. The smallest absolute Gasteiger partial charge is 0.326 e. The number of amides is 1. The van der Waals surface area contributed by atoms with Crippen molar-refractivity contribution in [2.75, 3.05) is 19.1 Å². The lowest BCUT2D eigenvalue weighted by Crippen LogP contribution is -2.42. The normalized spacial score (nSPS) is 12.2. The number of carbonyl (C=O) groups is 2. The topological polar surface area (TPSA) is 57.6 Å². The molecule has 1 atom stereocenters. The summed E-state index contributed by atoms with van der Waals surface area (Å²) in [5.41, 5.74) is 0. The number of thioether (sulfide) groups is 1. The zero-order valence-corrected chi connectivity index (χ0v) is 11.8. The van der Waals surface area contributed by atoms with Crippen LogP contribution in [0, 0.1) is 0 Å². The van der Waals surface area contributed by atoms with Gasteiger partial charge in [-0.15, -0.1) is 0 Å². The molecule has 0 saturated carbocycles. The quantitative estimate of drug-likeness (QED) is 0.647. The van der Waals surface area contributed by atoms with Crippen molar-refractivity contribution in [2.45, 2.75) is 45.1 Å². The van der Waals surface area contributed by atoms with Crippen molar-refractivity contribution in [3.05, 3.63) is 0 Å². The number of carbonyl (C=O) groups excluding carboxylic acids is 1. The van der Waals surface area contributed by atoms with Crippen LogP contribution in [0.25, 0.3) is 0 Å². The average molecular weight is 261 g/mol. The standard InChI is InChI=1S/C12H23NO3S/c1-4-5-6-7-11(14)13(2)10(12(15)16)8-9-17-3/h10H,4-9H2,1-3H3,(H,15,16)/t10-/m0/s1. The molecule has 0 aliphatic heterocycles. The van der Waals surface area contributed by atoms with E-state index in [2.05, 4.69) is 6.92 Å². The molecule has 0 bridgehead atoms. The lowest BCUT2D eigenvalue weighted by molar-refractivity contribution is -0.149. The Balaban J connectivity index is 4.23. The van der Waals surface area contributed by atoms with E-state index in [1.54, 1.807) is 18.8 Å². The predicted molar refractivity (Wildman–Crippen MR) is 71.3 cm³/mol. The lowest BCUT2D eigenvalue weighted by atomic mass is 10.1. The van der Waals surface area contributed by atoms with E-state index < -0.39 is 12.0 Å². The molecule has 0 aromatic heterocycles. The maximum absolute atomic E-state index is 11.8. The van der Waals surface area contributed by atoms with Crippen LogP contribution in [0.15, 0.2) is 0 Å². The van der Waals surface area contributed by atoms with Crippen molar-refractivity contribution in [2.24, 2.45) is 0 Å². The molecule has 0 unspecified atom stereocenters. The van der Waals surface area contributed by atoms with Crippen molar-refractivity contribution >= 4 is 23.6 Å². The van der Waals surface area contributed by atoms with Crippen LogP contribution in [0.1, 0.15) is 39.0 Å². The highest BCUT2D eigenvalue weighted by Crippen LogP contribution is 2.10. The first-order chi connectivity index (χ1) is 8.04. The highest BCUT2D eigenvalue weighted by atomic mass is 32.2. The Labute approximate surface area is 108 Å². The minimum atomic E-state index is -0.912. The molecule has 0 fully saturated rings. The fraction of sp³-hybridized carbons (Fsp3) is 0.833. The molecular formula is C12H23NO3S. The largest absolute Gasteiger partial charge is 0.480 e. The first-order valence-electron chi connectivity index (χ1n) is 6.02. The molecule has 1 amide bonds. The molecule has 0 rings (SSSR count). The van der Waals surface area contributed by atoms with Crippen LogP contribution < -0.4 is 0 Å². The van der Waals surface area contributed by atoms with E-state index in [1.165, 1.54) is 4.90 Å². The van der Waals surface area contributed by atoms with Gasteiger partial charge in [0.1, 0.15) is 6.04 Å². The van der Waals surface area contributed by atoms with Crippen molar-refractivity contribution < 1.29 is 14.7 Å². The highest BCUT2D eigenvalue weighted by molar-refractivity contribution is 7.98. The monoisotopic (exact) mass is 261 g/mol. The molecule has 100 valence electrons. The second-order valence-electron chi connectivity index (χ2n) is 4.10. The van der Waals surface area contributed by atoms with Crippen LogP contribution in [-0.4, -0.2) is 47.0 Å². The SMILES string of the molecule is CCCCCC(=O)N(C)[C@@H](CCSC)C(=O)O. The second kappa shape index (κ2) is 9.33. The first kappa shape index (κ1) is 16.3. The molecule has 0 heterocycles. The molecule has 0 saturated heterocycles. The van der Waals surface area contributed by atoms with E-state index in [0.717, 1.165) is 25.0 Å². The number of carboxylic acids is 1. The number of aliphatic carboxylic acids is 1. The van der Waals surface area contributed by atoms with Gasteiger partial charge in [-0.05, 0) is 24.9 Å². The second-order valence-corrected chi connectivity index (χ2v) is 5.08. The number of likely N-dealkylation sites (N-methyl/N-ethyl adjacent to an activating group) is 1. The highest BCUT2D eigenvalue weighted by Gasteiger charge is 2.25. The Morgan fingerprint density at radius 1 is 1.35 bits per heavy atom. The van der Waals surface area contributed by atoms with Gasteiger partial charge < -0.3 is 10.0 Å². The zero-order chi connectivity index (χ0) is 13.3. The van der Waals surface area contributed by atoms with E-state index >= 15 is 0 Å². The summed E-state index contributed by atoms with van der Waals surface area (Å²) >= 11 is 1.60. The summed E-state index contributed by atoms with van der Waals surface area (Å²) < 4.78 is 0. The molecule has 0 aromatic rings. The Morgan fingerprint density at radius 2 is 2.00 bits per heavy atom. The van der Waals surface area contributed by atoms with Crippen LogP contribution in [0.4, 0.5) is 0 Å². The predicted octanol–water partition coefficient (Wildman–Crippen LogP) is 2.23. The molecule has 0 spiro atoms. The Hall–Kier alpha value is -0.710. The third-order valence-electron chi connectivity index (χ3n) is 2.74. The Kier molecular flexibility index (Phi) is 8.94. The minimum absolute atomic E-state index is 0.0630. The van der Waals surface area contributed by atoms with Gasteiger partial charge in [-0.2, -0.15) is 11.8 Å². The average Bonchev–Trinajstić information content (AvgIpc) is 2.29. The summed E-state index contributed by atoms with van der Waals surface area (Å²) in [6, 6.07) is -0.684. The molecule has 17 heavy (non-hydrogen) atoms. The minimum Gasteiger partial charge on any atom is -0.480 e. The van der Waals surface area contributed by atoms with Crippen LogP contribution >= 0.6 is 11.8 Å². The molecule has 4 nitrogen and oxygen atoms in total. The van der Waals surface area contributed by atoms with E-state index in [4.69, 9.17) is 5.11 Å². The van der Waals surface area contributed by atoms with Gasteiger partial charge in [0.25, 0.3) is 0 Å². The van der Waals surface area contributed by atoms with Crippen LogP contribution in [0.2, 0.25) is 0 Å². The molecule has 5 heteroatoms. The number of nitrogens with zero attached hydrogens (tertiary/aromatic N) is 1. The summed E-state index contributed by atoms with van der Waals surface area (Å²) in [5, 5.41) is 9.09. The van der Waals surface area contributed by atoms with Crippen LogP contribution in [0.3, 0.4) is 0 Å². The summed E-state index contributed by atoms with van der Waals surface area (Å²) in [4.78, 5) is 24.2. The number of hydrogen-bond donors (Lipinski definition) is 1. The van der Waals surface area contributed by atoms with Gasteiger partial charge in [-0.25, -0.2) is 4.79 Å². The van der Waals surface area contributed by atoms with Gasteiger partial charge in [-0.1, -0.05) is 19.8 Å². The van der Waals surface area contributed by atoms with Crippen LogP contribution in [-0.2, 0) is 9.59 Å². The first-order valence-corrected chi connectivity index (χ1v) is 7.41. The number of unbranched alkanes of at least 4 members (excludes halogenated alkanes) is 2. The van der Waals surface area contributed by atoms with Gasteiger partial charge in [0, 0.05) is 13.5 Å². The van der Waals surface area contributed by atoms with Gasteiger partial charge in [0.2, 0.25) is 5.91 Å². The Morgan fingerprint density at radius 3 is 2.47 bits per heavy atom. The van der Waals surface area contributed by atoms with E-state index in [9.17, 15) is 9.59 Å². The van der Waals surface area contributed by atoms with Crippen molar-refractivity contribution in [1.29, 1.82) is 0 Å². The third kappa shape index (κ3) is 6.56. The van der Waals surface area contributed by atoms with Gasteiger partial charge in [-0.3, -0.25) is 4.79 Å². The summed E-state index contributed by atoms with van der Waals surface area (Å²) in [7, 11) is 1.59. The lowest BCUT2D eigenvalue weighted by Gasteiger charge is -2.24. The number of carboxylic acid groups (broad SMARTS) is 1. The molecule has 1 N–H and O–H groups in total. The van der Waals surface area contributed by atoms with E-state index in [-0.39, 0.29) is 5.91 Å². The molecule has 0 aliphatic carbocycles. The summed E-state index contributed by atoms with van der Waals surface area (Å²) in [6.45, 7) is 2.08. The maximum Gasteiger partial charge on any atom is 0.326 e. The Bertz CT molecular complexity index is 246. The van der Waals surface area contributed by atoms with Crippen molar-refractivity contribution in [1.82, 2.24) is 4.90 Å². The fourth-order valence-electron chi connectivity index (χ4n) is 1.59. The maximum atomic E-state index is 11.8. The molecule has 0 aromatic carbocycles. The third-order valence-corrected chi connectivity index (χ3v) is 3.38. The van der Waals surface area contributed by atoms with Crippen molar-refractivity contribution in [3.8, 4) is 0 Å². The van der Waals surface area contributed by atoms with Gasteiger partial charge in [0.05, 0.1) is 0 Å². The molecule has 0 radical (unpaired) electrons. The van der Waals surface area contributed by atoms with E-state index in [1.807, 2.05) is 6.26 Å². The summed E-state index contributed by atoms with van der Waals surface area (Å²) in [5.74, 6) is -0.221. The molecule has 0 aliphatic rings.